The lowest BCUT2D eigenvalue weighted by Gasteiger charge is -2.19. The van der Waals surface area contributed by atoms with Gasteiger partial charge in [0.25, 0.3) is 0 Å². The number of aliphatic imine (C=N–C) groups is 1. The third kappa shape index (κ3) is 4.55. The molecule has 1 aliphatic heterocycles. The minimum Gasteiger partial charge on any atom is -0.473 e. The Morgan fingerprint density at radius 3 is 2.26 bits per heavy atom. The Morgan fingerprint density at radius 1 is 1.00 bits per heavy atom. The molecule has 0 fully saturated rings. The molecule has 144 valence electrons. The van der Waals surface area contributed by atoms with Crippen LogP contribution in [0.2, 0.25) is 0 Å². The van der Waals surface area contributed by atoms with Gasteiger partial charge in [0.15, 0.2) is 5.69 Å². The minimum atomic E-state index is -5.09. The van der Waals surface area contributed by atoms with Crippen LogP contribution in [0.1, 0.15) is 22.4 Å². The van der Waals surface area contributed by atoms with Gasteiger partial charge in [0, 0.05) is 23.9 Å². The highest BCUT2D eigenvalue weighted by atomic mass is 32.2. The first-order chi connectivity index (χ1) is 12.7. The summed E-state index contributed by atoms with van der Waals surface area (Å²) < 4.78 is 86.0. The molecule has 0 aliphatic carbocycles. The number of alkyl halides is 6. The fourth-order valence-electron chi connectivity index (χ4n) is 2.46. The highest BCUT2D eigenvalue weighted by Crippen LogP contribution is 2.42. The first-order valence-electron chi connectivity index (χ1n) is 7.70. The summed E-state index contributed by atoms with van der Waals surface area (Å²) in [5.74, 6) is -0.429. The molecular formula is C17H12F6N2OS. The van der Waals surface area contributed by atoms with Crippen molar-refractivity contribution < 1.29 is 31.1 Å². The molecule has 1 aromatic carbocycles. The summed E-state index contributed by atoms with van der Waals surface area (Å²) in [7, 11) is 0. The van der Waals surface area contributed by atoms with Gasteiger partial charge in [0.05, 0.1) is 5.56 Å². The van der Waals surface area contributed by atoms with Crippen molar-refractivity contribution in [2.24, 2.45) is 4.99 Å². The highest BCUT2D eigenvalue weighted by Gasteiger charge is 2.45. The zero-order valence-electron chi connectivity index (χ0n) is 13.6. The Balaban J connectivity index is 2.08. The molecular weight excluding hydrogens is 394 g/mol. The van der Waals surface area contributed by atoms with E-state index < -0.39 is 35.1 Å². The lowest BCUT2D eigenvalue weighted by Crippen LogP contribution is -2.21. The maximum absolute atomic E-state index is 13.5. The monoisotopic (exact) mass is 406 g/mol. The summed E-state index contributed by atoms with van der Waals surface area (Å²) in [4.78, 5) is 7.11. The van der Waals surface area contributed by atoms with E-state index in [1.807, 2.05) is 0 Å². The van der Waals surface area contributed by atoms with Gasteiger partial charge in [-0.2, -0.15) is 26.3 Å². The number of hydrogen-bond donors (Lipinski definition) is 0. The second kappa shape index (κ2) is 7.41. The summed E-state index contributed by atoms with van der Waals surface area (Å²) in [6.07, 6.45) is -10.1. The number of benzene rings is 1. The summed E-state index contributed by atoms with van der Waals surface area (Å²) in [5, 5.41) is -0.309. The molecule has 0 atom stereocenters. The highest BCUT2D eigenvalue weighted by molar-refractivity contribution is 8.14. The van der Waals surface area contributed by atoms with Crippen molar-refractivity contribution in [3.63, 3.8) is 0 Å². The molecule has 1 aromatic heterocycles. The van der Waals surface area contributed by atoms with Crippen molar-refractivity contribution in [3.05, 3.63) is 58.8 Å². The zero-order valence-corrected chi connectivity index (χ0v) is 14.4. The number of thioether (sulfide) groups is 1. The number of nitrogens with zero attached hydrogens (tertiary/aromatic N) is 2. The van der Waals surface area contributed by atoms with E-state index in [-0.39, 0.29) is 18.2 Å². The number of pyridine rings is 1. The van der Waals surface area contributed by atoms with Crippen LogP contribution in [0.4, 0.5) is 26.3 Å². The predicted octanol–water partition coefficient (Wildman–Crippen LogP) is 5.19. The fraction of sp³-hybridized carbons (Fsp3) is 0.294. The second-order valence-corrected chi connectivity index (χ2v) is 6.62. The van der Waals surface area contributed by atoms with Gasteiger partial charge in [-0.05, 0) is 5.56 Å². The van der Waals surface area contributed by atoms with Crippen molar-refractivity contribution in [2.45, 2.75) is 19.0 Å². The van der Waals surface area contributed by atoms with Crippen LogP contribution in [0.3, 0.4) is 0 Å². The molecule has 0 unspecified atom stereocenters. The molecule has 1 aliphatic rings. The molecule has 0 amide bonds. The molecule has 2 heterocycles. The second-order valence-electron chi connectivity index (χ2n) is 5.54. The van der Waals surface area contributed by atoms with E-state index in [1.54, 1.807) is 30.3 Å². The van der Waals surface area contributed by atoms with Crippen LogP contribution in [0.25, 0.3) is 0 Å². The molecule has 0 saturated carbocycles. The standard InChI is InChI=1S/C17H12F6N2OS/c18-16(19,20)11-8-12(26-9-10-4-2-1-3-5-10)25-14(17(21,22)23)13(11)15-24-6-7-27-15/h1-5,8H,6-7,9H2. The van der Waals surface area contributed by atoms with E-state index in [9.17, 15) is 26.3 Å². The Bertz CT molecular complexity index is 814. The number of ether oxygens (including phenoxy) is 1. The van der Waals surface area contributed by atoms with Crippen LogP contribution < -0.4 is 4.74 Å². The molecule has 0 bridgehead atoms. The fourth-order valence-corrected chi connectivity index (χ4v) is 3.37. The minimum absolute atomic E-state index is 0.154. The Morgan fingerprint density at radius 2 is 1.70 bits per heavy atom. The van der Waals surface area contributed by atoms with Gasteiger partial charge >= 0.3 is 12.4 Å². The number of halogens is 6. The van der Waals surface area contributed by atoms with Crippen LogP contribution in [-0.4, -0.2) is 22.3 Å². The Labute approximate surface area is 154 Å². The Kier molecular flexibility index (Phi) is 5.36. The molecule has 3 rings (SSSR count). The summed E-state index contributed by atoms with van der Waals surface area (Å²) in [6.45, 7) is -0.0572. The van der Waals surface area contributed by atoms with Crippen LogP contribution >= 0.6 is 11.8 Å². The van der Waals surface area contributed by atoms with Crippen LogP contribution in [0.15, 0.2) is 41.4 Å². The number of rotatable bonds is 4. The van der Waals surface area contributed by atoms with Gasteiger partial charge in [0.2, 0.25) is 5.88 Å². The van der Waals surface area contributed by atoms with E-state index in [0.29, 0.717) is 17.4 Å². The maximum Gasteiger partial charge on any atom is 0.434 e. The normalized spacial score (nSPS) is 15.0. The number of hydrogen-bond acceptors (Lipinski definition) is 4. The van der Waals surface area contributed by atoms with Crippen LogP contribution in [0.5, 0.6) is 5.88 Å². The quantitative estimate of drug-likeness (QED) is 0.656. The van der Waals surface area contributed by atoms with E-state index >= 15 is 0 Å². The SMILES string of the molecule is FC(F)(F)c1cc(OCc2ccccc2)nc(C(F)(F)F)c1C1=NCCS1. The van der Waals surface area contributed by atoms with Crippen molar-refractivity contribution in [3.8, 4) is 5.88 Å². The van der Waals surface area contributed by atoms with Gasteiger partial charge in [-0.3, -0.25) is 4.99 Å². The van der Waals surface area contributed by atoms with Crippen LogP contribution in [-0.2, 0) is 19.0 Å². The van der Waals surface area contributed by atoms with Crippen molar-refractivity contribution in [1.29, 1.82) is 0 Å². The van der Waals surface area contributed by atoms with Gasteiger partial charge in [-0.15, -0.1) is 11.8 Å². The molecule has 0 saturated heterocycles. The lowest BCUT2D eigenvalue weighted by atomic mass is 10.1. The van der Waals surface area contributed by atoms with E-state index in [1.165, 1.54) is 0 Å². The summed E-state index contributed by atoms with van der Waals surface area (Å²) >= 11 is 0.841. The molecule has 10 heteroatoms. The van der Waals surface area contributed by atoms with Crippen molar-refractivity contribution >= 4 is 16.8 Å². The average Bonchev–Trinajstić information content (AvgIpc) is 3.13. The Hall–Kier alpha value is -2.23. The third-order valence-corrected chi connectivity index (χ3v) is 4.59. The largest absolute Gasteiger partial charge is 0.473 e. The molecule has 0 radical (unpaired) electrons. The van der Waals surface area contributed by atoms with Gasteiger partial charge < -0.3 is 4.74 Å². The first kappa shape index (κ1) is 19.5. The molecule has 3 nitrogen and oxygen atoms in total. The maximum atomic E-state index is 13.5. The topological polar surface area (TPSA) is 34.5 Å². The molecule has 2 aromatic rings. The predicted molar refractivity (Wildman–Crippen MR) is 88.9 cm³/mol. The van der Waals surface area contributed by atoms with E-state index in [2.05, 4.69) is 9.98 Å². The molecule has 0 N–H and O–H groups in total. The average molecular weight is 406 g/mol. The van der Waals surface area contributed by atoms with Gasteiger partial charge in [-0.25, -0.2) is 4.98 Å². The zero-order chi connectivity index (χ0) is 19.7. The van der Waals surface area contributed by atoms with E-state index in [0.717, 1.165) is 11.8 Å². The van der Waals surface area contributed by atoms with Gasteiger partial charge in [-0.1, -0.05) is 30.3 Å². The molecule has 27 heavy (non-hydrogen) atoms. The smallest absolute Gasteiger partial charge is 0.434 e. The summed E-state index contributed by atoms with van der Waals surface area (Å²) in [6, 6.07) is 8.83. The summed E-state index contributed by atoms with van der Waals surface area (Å²) in [5.41, 5.74) is -3.56. The van der Waals surface area contributed by atoms with Crippen molar-refractivity contribution in [2.75, 3.05) is 12.3 Å². The van der Waals surface area contributed by atoms with Crippen molar-refractivity contribution in [1.82, 2.24) is 4.98 Å². The first-order valence-corrected chi connectivity index (χ1v) is 8.68. The van der Waals surface area contributed by atoms with Gasteiger partial charge in [0.1, 0.15) is 11.7 Å². The van der Waals surface area contributed by atoms with E-state index in [4.69, 9.17) is 4.74 Å². The third-order valence-electron chi connectivity index (χ3n) is 3.60. The molecule has 0 spiro atoms. The number of aromatic nitrogens is 1. The lowest BCUT2D eigenvalue weighted by molar-refractivity contribution is -0.146. The van der Waals surface area contributed by atoms with Crippen LogP contribution in [0, 0.1) is 0 Å².